The number of allylic oxidation sites excluding steroid dienone is 1. The highest BCUT2D eigenvalue weighted by Gasteiger charge is 2.22. The third-order valence-corrected chi connectivity index (χ3v) is 3.37. The fourth-order valence-electron chi connectivity index (χ4n) is 1.02. The number of thioether (sulfide) groups is 1. The van der Waals surface area contributed by atoms with E-state index in [-0.39, 0.29) is 5.25 Å². The molecule has 0 radical (unpaired) electrons. The van der Waals surface area contributed by atoms with Crippen LogP contribution < -0.4 is 0 Å². The Morgan fingerprint density at radius 3 is 2.64 bits per heavy atom. The summed E-state index contributed by atoms with van der Waals surface area (Å²) in [5.41, 5.74) is 2.59. The molecule has 2 nitrogen and oxygen atoms in total. The van der Waals surface area contributed by atoms with E-state index in [9.17, 15) is 4.79 Å². The predicted octanol–water partition coefficient (Wildman–Crippen LogP) is 1.91. The Morgan fingerprint density at radius 1 is 1.55 bits per heavy atom. The van der Waals surface area contributed by atoms with Crippen molar-refractivity contribution in [1.29, 1.82) is 0 Å². The lowest BCUT2D eigenvalue weighted by atomic mass is 10.1. The summed E-state index contributed by atoms with van der Waals surface area (Å²) >= 11 is 1.53. The summed E-state index contributed by atoms with van der Waals surface area (Å²) in [5, 5.41) is 8.49. The molecule has 1 rings (SSSR count). The number of rotatable bonds is 1. The van der Waals surface area contributed by atoms with E-state index in [2.05, 4.69) is 6.92 Å². The van der Waals surface area contributed by atoms with E-state index in [4.69, 9.17) is 5.11 Å². The predicted molar refractivity (Wildman–Crippen MR) is 46.9 cm³/mol. The molecule has 0 aliphatic carbocycles. The van der Waals surface area contributed by atoms with Crippen molar-refractivity contribution in [2.24, 2.45) is 0 Å². The molecule has 0 spiro atoms. The van der Waals surface area contributed by atoms with Gasteiger partial charge in [0.25, 0.3) is 0 Å². The van der Waals surface area contributed by atoms with E-state index in [0.29, 0.717) is 6.42 Å². The summed E-state index contributed by atoms with van der Waals surface area (Å²) in [6.07, 6.45) is 0.714. The first-order valence-corrected chi connectivity index (χ1v) is 4.65. The maximum atomic E-state index is 10.6. The lowest BCUT2D eigenvalue weighted by Crippen LogP contribution is -2.20. The van der Waals surface area contributed by atoms with Crippen LogP contribution in [0.4, 0.5) is 0 Å². The van der Waals surface area contributed by atoms with Gasteiger partial charge in [0, 0.05) is 5.75 Å². The second-order valence-corrected chi connectivity index (χ2v) is 4.09. The fraction of sp³-hybridized carbons (Fsp3) is 0.625. The Balaban J connectivity index is 2.64. The molecule has 1 heterocycles. The molecule has 0 saturated carbocycles. The van der Waals surface area contributed by atoms with Crippen LogP contribution in [0.15, 0.2) is 11.1 Å². The Bertz CT molecular complexity index is 208. The molecule has 1 aliphatic rings. The smallest absolute Gasteiger partial charge is 0.316 e. The van der Waals surface area contributed by atoms with Gasteiger partial charge in [-0.1, -0.05) is 11.1 Å². The molecule has 0 fully saturated rings. The van der Waals surface area contributed by atoms with Crippen LogP contribution in [0.5, 0.6) is 0 Å². The maximum Gasteiger partial charge on any atom is 0.316 e. The van der Waals surface area contributed by atoms with Crippen LogP contribution >= 0.6 is 11.8 Å². The van der Waals surface area contributed by atoms with Crippen LogP contribution in [0.3, 0.4) is 0 Å². The average Bonchev–Trinajstić information content (AvgIpc) is 1.94. The first-order chi connectivity index (χ1) is 5.11. The molecule has 0 bridgehead atoms. The van der Waals surface area contributed by atoms with Crippen molar-refractivity contribution >= 4 is 17.7 Å². The minimum Gasteiger partial charge on any atom is -0.480 e. The van der Waals surface area contributed by atoms with E-state index in [1.54, 1.807) is 0 Å². The lowest BCUT2D eigenvalue weighted by molar-refractivity contribution is -0.136. The molecule has 0 saturated heterocycles. The number of hydrogen-bond acceptors (Lipinski definition) is 2. The molecule has 0 amide bonds. The zero-order chi connectivity index (χ0) is 8.43. The standard InChI is InChI=1S/C8H12O2S/c1-5-3-7(8(9)10)11-4-6(5)2/h7H,3-4H2,1-2H3,(H,9,10). The van der Waals surface area contributed by atoms with Gasteiger partial charge in [0.15, 0.2) is 0 Å². The lowest BCUT2D eigenvalue weighted by Gasteiger charge is -2.20. The summed E-state index contributed by atoms with van der Waals surface area (Å²) < 4.78 is 0. The van der Waals surface area contributed by atoms with Crippen molar-refractivity contribution in [1.82, 2.24) is 0 Å². The molecule has 1 unspecified atom stereocenters. The topological polar surface area (TPSA) is 37.3 Å². The van der Waals surface area contributed by atoms with E-state index >= 15 is 0 Å². The number of carboxylic acid groups (broad SMARTS) is 1. The zero-order valence-electron chi connectivity index (χ0n) is 6.76. The van der Waals surface area contributed by atoms with Gasteiger partial charge in [-0.3, -0.25) is 4.79 Å². The highest BCUT2D eigenvalue weighted by atomic mass is 32.2. The Hall–Kier alpha value is -0.440. The second-order valence-electron chi connectivity index (χ2n) is 2.90. The maximum absolute atomic E-state index is 10.6. The minimum atomic E-state index is -0.679. The highest BCUT2D eigenvalue weighted by Crippen LogP contribution is 2.29. The molecule has 0 aromatic heterocycles. The van der Waals surface area contributed by atoms with Crippen LogP contribution in [0.25, 0.3) is 0 Å². The number of aliphatic carboxylic acids is 1. The molecular weight excluding hydrogens is 160 g/mol. The molecule has 11 heavy (non-hydrogen) atoms. The van der Waals surface area contributed by atoms with Crippen LogP contribution in [-0.4, -0.2) is 22.1 Å². The summed E-state index contributed by atoms with van der Waals surface area (Å²) in [5.74, 6) is 0.199. The van der Waals surface area contributed by atoms with Gasteiger partial charge in [0.05, 0.1) is 0 Å². The van der Waals surface area contributed by atoms with Crippen molar-refractivity contribution < 1.29 is 9.90 Å². The summed E-state index contributed by atoms with van der Waals surface area (Å²) in [6.45, 7) is 4.09. The van der Waals surface area contributed by atoms with Crippen LogP contribution in [0.1, 0.15) is 20.3 Å². The molecule has 1 N–H and O–H groups in total. The van der Waals surface area contributed by atoms with Crippen molar-refractivity contribution in [3.8, 4) is 0 Å². The van der Waals surface area contributed by atoms with E-state index in [1.165, 1.54) is 22.9 Å². The van der Waals surface area contributed by atoms with Crippen LogP contribution in [-0.2, 0) is 4.79 Å². The number of carboxylic acids is 1. The zero-order valence-corrected chi connectivity index (χ0v) is 7.57. The highest BCUT2D eigenvalue weighted by molar-refractivity contribution is 8.00. The summed E-state index contributed by atoms with van der Waals surface area (Å²) in [7, 11) is 0. The van der Waals surface area contributed by atoms with E-state index in [0.717, 1.165) is 5.75 Å². The molecule has 1 atom stereocenters. The Labute approximate surface area is 70.7 Å². The van der Waals surface area contributed by atoms with Gasteiger partial charge in [-0.05, 0) is 20.3 Å². The van der Waals surface area contributed by atoms with Crippen molar-refractivity contribution in [2.75, 3.05) is 5.75 Å². The van der Waals surface area contributed by atoms with Gasteiger partial charge >= 0.3 is 5.97 Å². The van der Waals surface area contributed by atoms with Crippen LogP contribution in [0.2, 0.25) is 0 Å². The minimum absolute atomic E-state index is 0.210. The van der Waals surface area contributed by atoms with Crippen LogP contribution in [0, 0.1) is 0 Å². The molecule has 3 heteroatoms. The third kappa shape index (κ3) is 1.99. The quantitative estimate of drug-likeness (QED) is 0.614. The number of hydrogen-bond donors (Lipinski definition) is 1. The molecule has 0 aromatic rings. The summed E-state index contributed by atoms with van der Waals surface area (Å²) in [4.78, 5) is 10.6. The Kier molecular flexibility index (Phi) is 2.60. The van der Waals surface area contributed by atoms with Gasteiger partial charge in [-0.15, -0.1) is 11.8 Å². The molecular formula is C8H12O2S. The SMILES string of the molecule is CC1=C(C)CC(C(=O)O)SC1. The van der Waals surface area contributed by atoms with Gasteiger partial charge in [-0.2, -0.15) is 0 Å². The van der Waals surface area contributed by atoms with E-state index in [1.807, 2.05) is 6.92 Å². The van der Waals surface area contributed by atoms with E-state index < -0.39 is 5.97 Å². The van der Waals surface area contributed by atoms with Gasteiger partial charge in [0.1, 0.15) is 5.25 Å². The van der Waals surface area contributed by atoms with Gasteiger partial charge in [-0.25, -0.2) is 0 Å². The normalized spacial score (nSPS) is 25.5. The summed E-state index contributed by atoms with van der Waals surface area (Å²) in [6, 6.07) is 0. The monoisotopic (exact) mass is 172 g/mol. The van der Waals surface area contributed by atoms with Gasteiger partial charge < -0.3 is 5.11 Å². The van der Waals surface area contributed by atoms with Crippen molar-refractivity contribution in [3.63, 3.8) is 0 Å². The van der Waals surface area contributed by atoms with Crippen molar-refractivity contribution in [2.45, 2.75) is 25.5 Å². The van der Waals surface area contributed by atoms with Gasteiger partial charge in [0.2, 0.25) is 0 Å². The third-order valence-electron chi connectivity index (χ3n) is 2.00. The average molecular weight is 172 g/mol. The first kappa shape index (κ1) is 8.65. The molecule has 62 valence electrons. The fourth-order valence-corrected chi connectivity index (χ4v) is 2.23. The Morgan fingerprint density at radius 2 is 2.18 bits per heavy atom. The second kappa shape index (κ2) is 3.30. The first-order valence-electron chi connectivity index (χ1n) is 3.61. The molecule has 0 aromatic carbocycles. The molecule has 1 aliphatic heterocycles. The number of carbonyl (C=O) groups is 1. The van der Waals surface area contributed by atoms with Crippen molar-refractivity contribution in [3.05, 3.63) is 11.1 Å². The largest absolute Gasteiger partial charge is 0.480 e.